The number of aryl methyl sites for hydroxylation is 1. The average molecular weight is 371 g/mol. The Morgan fingerprint density at radius 3 is 2.62 bits per heavy atom. The van der Waals surface area contributed by atoms with Crippen LogP contribution in [0.4, 0.5) is 5.69 Å². The molecule has 1 amide bonds. The summed E-state index contributed by atoms with van der Waals surface area (Å²) in [7, 11) is -4.38. The fraction of sp³-hybridized carbons (Fsp3) is 0.111. The second-order valence-electron chi connectivity index (χ2n) is 5.43. The van der Waals surface area contributed by atoms with Gasteiger partial charge in [-0.05, 0) is 36.2 Å². The Hall–Kier alpha value is -3.15. The molecule has 0 bridgehead atoms. The largest absolute Gasteiger partial charge is 0.386 e. The predicted molar refractivity (Wildman–Crippen MR) is 96.6 cm³/mol. The lowest BCUT2D eigenvalue weighted by Gasteiger charge is -2.07. The van der Waals surface area contributed by atoms with Crippen LogP contribution in [0.25, 0.3) is 0 Å². The van der Waals surface area contributed by atoms with Crippen molar-refractivity contribution in [2.75, 3.05) is 5.32 Å². The van der Waals surface area contributed by atoms with Crippen LogP contribution in [-0.2, 0) is 21.5 Å². The van der Waals surface area contributed by atoms with E-state index < -0.39 is 16.0 Å². The van der Waals surface area contributed by atoms with Crippen molar-refractivity contribution in [1.82, 2.24) is 5.32 Å². The number of nitriles is 1. The van der Waals surface area contributed by atoms with E-state index in [1.807, 2.05) is 31.2 Å². The number of hydrogen-bond donors (Lipinski definition) is 3. The summed E-state index contributed by atoms with van der Waals surface area (Å²) in [4.78, 5) is 11.8. The van der Waals surface area contributed by atoms with E-state index in [2.05, 4.69) is 10.6 Å². The normalized spacial score (nSPS) is 11.5. The van der Waals surface area contributed by atoms with E-state index in [-0.39, 0.29) is 16.2 Å². The summed E-state index contributed by atoms with van der Waals surface area (Å²) in [5.74, 6) is -0.697. The van der Waals surface area contributed by atoms with Gasteiger partial charge in [-0.1, -0.05) is 30.3 Å². The first-order valence-electron chi connectivity index (χ1n) is 7.58. The lowest BCUT2D eigenvalue weighted by molar-refractivity contribution is -0.112. The number of rotatable bonds is 6. The lowest BCUT2D eigenvalue weighted by Crippen LogP contribution is -2.17. The van der Waals surface area contributed by atoms with Crippen LogP contribution in [0.1, 0.15) is 11.1 Å². The van der Waals surface area contributed by atoms with Gasteiger partial charge in [0.05, 0.1) is 4.90 Å². The molecule has 0 spiro atoms. The first-order chi connectivity index (χ1) is 12.3. The molecule has 134 valence electrons. The minimum absolute atomic E-state index is 0.144. The third-order valence-corrected chi connectivity index (χ3v) is 4.40. The van der Waals surface area contributed by atoms with E-state index in [0.29, 0.717) is 6.54 Å². The number of carbonyl (C=O) groups excluding carboxylic acids is 1. The zero-order valence-corrected chi connectivity index (χ0v) is 14.7. The highest BCUT2D eigenvalue weighted by atomic mass is 32.2. The molecule has 0 aliphatic heterocycles. The van der Waals surface area contributed by atoms with Gasteiger partial charge in [0.2, 0.25) is 0 Å². The molecule has 0 atom stereocenters. The smallest absolute Gasteiger partial charge is 0.294 e. The van der Waals surface area contributed by atoms with Crippen molar-refractivity contribution >= 4 is 21.7 Å². The highest BCUT2D eigenvalue weighted by Crippen LogP contribution is 2.15. The van der Waals surface area contributed by atoms with E-state index in [0.717, 1.165) is 17.2 Å². The molecule has 0 heterocycles. The molecule has 0 fully saturated rings. The highest BCUT2D eigenvalue weighted by Gasteiger charge is 2.13. The molecule has 2 rings (SSSR count). The van der Waals surface area contributed by atoms with Crippen molar-refractivity contribution in [2.24, 2.45) is 0 Å². The Bertz CT molecular complexity index is 991. The molecule has 8 heteroatoms. The quantitative estimate of drug-likeness (QED) is 0.407. The second-order valence-corrected chi connectivity index (χ2v) is 6.86. The van der Waals surface area contributed by atoms with Crippen LogP contribution in [0.3, 0.4) is 0 Å². The van der Waals surface area contributed by atoms with E-state index in [1.54, 1.807) is 6.07 Å². The third kappa shape index (κ3) is 5.17. The summed E-state index contributed by atoms with van der Waals surface area (Å²) >= 11 is 0. The molecular weight excluding hydrogens is 354 g/mol. The van der Waals surface area contributed by atoms with Crippen LogP contribution in [-0.4, -0.2) is 18.9 Å². The van der Waals surface area contributed by atoms with Crippen LogP contribution in [0.2, 0.25) is 0 Å². The molecule has 0 saturated carbocycles. The maximum absolute atomic E-state index is 12.2. The Balaban J connectivity index is 2.07. The monoisotopic (exact) mass is 371 g/mol. The maximum atomic E-state index is 12.2. The van der Waals surface area contributed by atoms with E-state index in [9.17, 15) is 13.2 Å². The molecule has 3 N–H and O–H groups in total. The van der Waals surface area contributed by atoms with E-state index in [1.165, 1.54) is 24.4 Å². The molecule has 0 unspecified atom stereocenters. The number of benzene rings is 2. The fourth-order valence-electron chi connectivity index (χ4n) is 2.15. The summed E-state index contributed by atoms with van der Waals surface area (Å²) in [6, 6.07) is 14.6. The van der Waals surface area contributed by atoms with Gasteiger partial charge in [-0.25, -0.2) is 0 Å². The molecule has 0 aliphatic carbocycles. The highest BCUT2D eigenvalue weighted by molar-refractivity contribution is 7.85. The fourth-order valence-corrected chi connectivity index (χ4v) is 2.68. The number of nitrogens with one attached hydrogen (secondary N) is 2. The minimum Gasteiger partial charge on any atom is -0.386 e. The van der Waals surface area contributed by atoms with Gasteiger partial charge in [0.1, 0.15) is 11.6 Å². The molecule has 2 aromatic carbocycles. The Morgan fingerprint density at radius 1 is 1.23 bits per heavy atom. The minimum atomic E-state index is -4.38. The van der Waals surface area contributed by atoms with Crippen molar-refractivity contribution in [3.05, 3.63) is 71.4 Å². The molecule has 2 aromatic rings. The summed E-state index contributed by atoms with van der Waals surface area (Å²) in [5, 5.41) is 14.5. The standard InChI is InChI=1S/C18H17N3O4S/c1-13-5-2-3-6-14(13)11-20-12-15(10-19)18(22)21-16-7-4-8-17(9-16)26(23,24)25/h2-9,12,20H,11H2,1H3,(H,21,22)(H,23,24,25)/b15-12-. The van der Waals surface area contributed by atoms with Crippen LogP contribution in [0.15, 0.2) is 65.2 Å². The number of carbonyl (C=O) groups is 1. The van der Waals surface area contributed by atoms with Crippen LogP contribution < -0.4 is 10.6 Å². The number of hydrogen-bond acceptors (Lipinski definition) is 5. The predicted octanol–water partition coefficient (Wildman–Crippen LogP) is 2.38. The van der Waals surface area contributed by atoms with Gasteiger partial charge >= 0.3 is 0 Å². The number of anilines is 1. The molecular formula is C18H17N3O4S. The zero-order chi connectivity index (χ0) is 19.2. The van der Waals surface area contributed by atoms with Crippen LogP contribution in [0.5, 0.6) is 0 Å². The summed E-state index contributed by atoms with van der Waals surface area (Å²) < 4.78 is 31.3. The number of nitrogens with zero attached hydrogens (tertiary/aromatic N) is 1. The first kappa shape index (κ1) is 19.2. The van der Waals surface area contributed by atoms with Gasteiger partial charge in [-0.15, -0.1) is 0 Å². The van der Waals surface area contributed by atoms with Crippen LogP contribution >= 0.6 is 0 Å². The molecule has 0 saturated heterocycles. The Kier molecular flexibility index (Phi) is 6.11. The van der Waals surface area contributed by atoms with Crippen molar-refractivity contribution < 1.29 is 17.8 Å². The van der Waals surface area contributed by atoms with Gasteiger partial charge < -0.3 is 10.6 Å². The maximum Gasteiger partial charge on any atom is 0.294 e. The average Bonchev–Trinajstić information content (AvgIpc) is 2.59. The zero-order valence-electron chi connectivity index (χ0n) is 13.9. The van der Waals surface area contributed by atoms with Crippen LogP contribution in [0, 0.1) is 18.3 Å². The molecule has 26 heavy (non-hydrogen) atoms. The SMILES string of the molecule is Cc1ccccc1CN/C=C(/C#N)C(=O)Nc1cccc(S(=O)(=O)O)c1. The Labute approximate surface area is 151 Å². The lowest BCUT2D eigenvalue weighted by atomic mass is 10.1. The first-order valence-corrected chi connectivity index (χ1v) is 9.02. The van der Waals surface area contributed by atoms with E-state index >= 15 is 0 Å². The van der Waals surface area contributed by atoms with Crippen molar-refractivity contribution in [3.8, 4) is 6.07 Å². The van der Waals surface area contributed by atoms with Crippen molar-refractivity contribution in [1.29, 1.82) is 5.26 Å². The molecule has 0 aromatic heterocycles. The summed E-state index contributed by atoms with van der Waals surface area (Å²) in [6.07, 6.45) is 1.30. The van der Waals surface area contributed by atoms with Gasteiger partial charge in [0.15, 0.2) is 0 Å². The van der Waals surface area contributed by atoms with Gasteiger partial charge in [0.25, 0.3) is 16.0 Å². The molecule has 0 radical (unpaired) electrons. The van der Waals surface area contributed by atoms with Crippen molar-refractivity contribution in [2.45, 2.75) is 18.4 Å². The molecule has 7 nitrogen and oxygen atoms in total. The number of amides is 1. The third-order valence-electron chi connectivity index (χ3n) is 3.56. The van der Waals surface area contributed by atoms with Gasteiger partial charge in [-0.2, -0.15) is 13.7 Å². The summed E-state index contributed by atoms with van der Waals surface area (Å²) in [5.41, 5.74) is 2.08. The molecule has 0 aliphatic rings. The van der Waals surface area contributed by atoms with Gasteiger partial charge in [-0.3, -0.25) is 9.35 Å². The summed E-state index contributed by atoms with van der Waals surface area (Å²) in [6.45, 7) is 2.41. The Morgan fingerprint density at radius 2 is 1.96 bits per heavy atom. The van der Waals surface area contributed by atoms with E-state index in [4.69, 9.17) is 9.81 Å². The second kappa shape index (κ2) is 8.29. The van der Waals surface area contributed by atoms with Gasteiger partial charge in [0, 0.05) is 18.4 Å². The van der Waals surface area contributed by atoms with Crippen molar-refractivity contribution in [3.63, 3.8) is 0 Å². The topological polar surface area (TPSA) is 119 Å².